The molecule has 3 nitrogen and oxygen atoms in total. The molecular formula is C28H41NO2. The van der Waals surface area contributed by atoms with Gasteiger partial charge in [0.25, 0.3) is 0 Å². The van der Waals surface area contributed by atoms with Crippen molar-refractivity contribution in [3.05, 3.63) is 0 Å². The first kappa shape index (κ1) is 19.8. The highest BCUT2D eigenvalue weighted by atomic mass is 16.7. The van der Waals surface area contributed by atoms with E-state index in [4.69, 9.17) is 14.7 Å². The number of fused-ring (bicyclic) bond motifs is 6. The van der Waals surface area contributed by atoms with Crippen molar-refractivity contribution in [1.29, 1.82) is 5.26 Å². The second-order valence-electron chi connectivity index (χ2n) is 13.4. The van der Waals surface area contributed by atoms with E-state index >= 15 is 0 Å². The molecule has 1 heterocycles. The minimum atomic E-state index is -0.199. The van der Waals surface area contributed by atoms with Crippen LogP contribution in [0.4, 0.5) is 0 Å². The number of rotatable bonds is 3. The molecule has 0 N–H and O–H groups in total. The molecule has 0 radical (unpaired) electrons. The Hall–Kier alpha value is -0.590. The van der Waals surface area contributed by atoms with Crippen LogP contribution in [0.15, 0.2) is 0 Å². The maximum Gasteiger partial charge on any atom is 0.171 e. The summed E-state index contributed by atoms with van der Waals surface area (Å²) in [6.45, 7) is 9.48. The SMILES string of the molecule is C[C@H](CCC#N)C1CCC2C3CC4C5CC6C7(CC[C@](C)(C3CC[C@@]21C)[C@@]456)OCCO7. The summed E-state index contributed by atoms with van der Waals surface area (Å²) in [5.41, 5.74) is 1.63. The van der Waals surface area contributed by atoms with E-state index in [1.807, 2.05) is 0 Å². The molecule has 2 spiro atoms. The first-order chi connectivity index (χ1) is 14.9. The van der Waals surface area contributed by atoms with Crippen LogP contribution in [0.5, 0.6) is 0 Å². The fraction of sp³-hybridized carbons (Fsp3) is 0.964. The van der Waals surface area contributed by atoms with Crippen LogP contribution < -0.4 is 0 Å². The van der Waals surface area contributed by atoms with Crippen molar-refractivity contribution >= 4 is 0 Å². The Morgan fingerprint density at radius 3 is 2.48 bits per heavy atom. The summed E-state index contributed by atoms with van der Waals surface area (Å²) in [7, 11) is 0. The van der Waals surface area contributed by atoms with Crippen molar-refractivity contribution in [2.24, 2.45) is 63.6 Å². The molecule has 170 valence electrons. The molecule has 7 rings (SSSR count). The molecule has 1 aliphatic heterocycles. The van der Waals surface area contributed by atoms with Gasteiger partial charge >= 0.3 is 0 Å². The zero-order chi connectivity index (χ0) is 21.2. The fourth-order valence-corrected chi connectivity index (χ4v) is 12.2. The van der Waals surface area contributed by atoms with Crippen LogP contribution in [-0.2, 0) is 9.47 Å². The van der Waals surface area contributed by atoms with E-state index in [1.54, 1.807) is 0 Å². The minimum Gasteiger partial charge on any atom is -0.347 e. The minimum absolute atomic E-state index is 0.199. The average molecular weight is 424 g/mol. The Labute approximate surface area is 188 Å². The van der Waals surface area contributed by atoms with Gasteiger partial charge in [-0.05, 0) is 109 Å². The van der Waals surface area contributed by atoms with Crippen molar-refractivity contribution in [3.8, 4) is 6.07 Å². The van der Waals surface area contributed by atoms with Crippen molar-refractivity contribution in [1.82, 2.24) is 0 Å². The van der Waals surface area contributed by atoms with Gasteiger partial charge in [0.1, 0.15) is 0 Å². The van der Waals surface area contributed by atoms with Gasteiger partial charge in [0, 0.05) is 18.8 Å². The average Bonchev–Trinajstić information content (AvgIpc) is 3.10. The van der Waals surface area contributed by atoms with Crippen LogP contribution in [0.25, 0.3) is 0 Å². The molecule has 0 bridgehead atoms. The van der Waals surface area contributed by atoms with Gasteiger partial charge < -0.3 is 9.47 Å². The smallest absolute Gasteiger partial charge is 0.171 e. The van der Waals surface area contributed by atoms with Crippen LogP contribution >= 0.6 is 0 Å². The molecule has 0 amide bonds. The van der Waals surface area contributed by atoms with Crippen LogP contribution in [0.3, 0.4) is 0 Å². The first-order valence-corrected chi connectivity index (χ1v) is 13.6. The number of hydrogen-bond acceptors (Lipinski definition) is 3. The number of nitriles is 1. The lowest BCUT2D eigenvalue weighted by atomic mass is 9.39. The third-order valence-corrected chi connectivity index (χ3v) is 13.2. The Morgan fingerprint density at radius 1 is 0.935 bits per heavy atom. The Bertz CT molecular complexity index is 827. The number of ether oxygens (including phenoxy) is 2. The van der Waals surface area contributed by atoms with E-state index in [1.165, 1.54) is 44.9 Å². The second kappa shape index (κ2) is 6.09. The van der Waals surface area contributed by atoms with Gasteiger partial charge in [-0.1, -0.05) is 20.8 Å². The summed E-state index contributed by atoms with van der Waals surface area (Å²) in [5, 5.41) is 9.12. The lowest BCUT2D eigenvalue weighted by molar-refractivity contribution is -0.298. The Morgan fingerprint density at radius 2 is 1.71 bits per heavy atom. The van der Waals surface area contributed by atoms with E-state index in [-0.39, 0.29) is 5.79 Å². The first-order valence-electron chi connectivity index (χ1n) is 13.6. The zero-order valence-electron chi connectivity index (χ0n) is 19.9. The summed E-state index contributed by atoms with van der Waals surface area (Å²) < 4.78 is 12.7. The molecule has 6 saturated carbocycles. The molecule has 7 unspecified atom stereocenters. The third kappa shape index (κ3) is 2.07. The summed E-state index contributed by atoms with van der Waals surface area (Å²) in [6.07, 6.45) is 13.0. The highest BCUT2D eigenvalue weighted by Gasteiger charge is 2.89. The highest BCUT2D eigenvalue weighted by molar-refractivity contribution is 5.35. The van der Waals surface area contributed by atoms with E-state index in [9.17, 15) is 0 Å². The lowest BCUT2D eigenvalue weighted by Crippen LogP contribution is -2.64. The summed E-state index contributed by atoms with van der Waals surface area (Å²) in [6, 6.07) is 2.41. The van der Waals surface area contributed by atoms with E-state index in [0.717, 1.165) is 68.0 Å². The molecule has 31 heavy (non-hydrogen) atoms. The highest BCUT2D eigenvalue weighted by Crippen LogP contribution is 2.92. The monoisotopic (exact) mass is 423 g/mol. The van der Waals surface area contributed by atoms with Gasteiger partial charge in [0.05, 0.1) is 19.3 Å². The molecule has 11 atom stereocenters. The topological polar surface area (TPSA) is 42.2 Å². The molecule has 6 aliphatic carbocycles. The lowest BCUT2D eigenvalue weighted by Gasteiger charge is -2.66. The predicted molar refractivity (Wildman–Crippen MR) is 119 cm³/mol. The van der Waals surface area contributed by atoms with E-state index in [2.05, 4.69) is 26.8 Å². The summed E-state index contributed by atoms with van der Waals surface area (Å²) in [5.74, 6) is 6.81. The van der Waals surface area contributed by atoms with Crippen molar-refractivity contribution < 1.29 is 9.47 Å². The maximum absolute atomic E-state index is 9.12. The number of nitrogens with zero attached hydrogens (tertiary/aromatic N) is 1. The Kier molecular flexibility index (Phi) is 3.90. The van der Waals surface area contributed by atoms with Crippen LogP contribution in [0.1, 0.15) is 85.0 Å². The standard InChI is InChI=1S/C28H41NO2/c1-17(5-4-12-29)19-6-7-20-18-15-22-23-16-24-27(30-13-14-31-27)11-10-26(3,28(22,23)24)21(18)8-9-25(19,20)2/h17-24H,4-11,13-16H2,1-3H3/t17-,18?,19?,20?,21?,22?,23?,24?,25-,26-,28+/m1/s1. The van der Waals surface area contributed by atoms with Gasteiger partial charge in [0.2, 0.25) is 0 Å². The largest absolute Gasteiger partial charge is 0.347 e. The van der Waals surface area contributed by atoms with E-state index in [0.29, 0.717) is 28.1 Å². The number of hydrogen-bond donors (Lipinski definition) is 0. The van der Waals surface area contributed by atoms with Gasteiger partial charge in [-0.25, -0.2) is 0 Å². The van der Waals surface area contributed by atoms with Gasteiger partial charge in [0.15, 0.2) is 5.79 Å². The Balaban J connectivity index is 1.19. The fourth-order valence-electron chi connectivity index (χ4n) is 12.2. The quantitative estimate of drug-likeness (QED) is 0.544. The van der Waals surface area contributed by atoms with Crippen molar-refractivity contribution in [2.75, 3.05) is 13.2 Å². The third-order valence-electron chi connectivity index (χ3n) is 13.2. The van der Waals surface area contributed by atoms with Gasteiger partial charge in [-0.3, -0.25) is 0 Å². The van der Waals surface area contributed by atoms with Crippen molar-refractivity contribution in [3.63, 3.8) is 0 Å². The summed E-state index contributed by atoms with van der Waals surface area (Å²) >= 11 is 0. The molecule has 1 saturated heterocycles. The molecule has 7 fully saturated rings. The molecular weight excluding hydrogens is 382 g/mol. The zero-order valence-corrected chi connectivity index (χ0v) is 19.9. The van der Waals surface area contributed by atoms with Crippen LogP contribution in [0, 0.1) is 74.9 Å². The molecule has 0 aromatic carbocycles. The second-order valence-corrected chi connectivity index (χ2v) is 13.4. The van der Waals surface area contributed by atoms with Gasteiger partial charge in [-0.15, -0.1) is 0 Å². The molecule has 0 aromatic heterocycles. The summed E-state index contributed by atoms with van der Waals surface area (Å²) in [4.78, 5) is 0. The molecule has 3 heteroatoms. The van der Waals surface area contributed by atoms with Gasteiger partial charge in [-0.2, -0.15) is 5.26 Å². The maximum atomic E-state index is 9.12. The van der Waals surface area contributed by atoms with E-state index < -0.39 is 0 Å². The van der Waals surface area contributed by atoms with Crippen LogP contribution in [-0.4, -0.2) is 19.0 Å². The molecule has 7 aliphatic rings. The molecule has 0 aromatic rings. The predicted octanol–water partition coefficient (Wildman–Crippen LogP) is 6.18. The van der Waals surface area contributed by atoms with Crippen molar-refractivity contribution in [2.45, 2.75) is 90.8 Å². The van der Waals surface area contributed by atoms with Crippen LogP contribution in [0.2, 0.25) is 0 Å². The normalized spacial score (nSPS) is 58.3.